The Bertz CT molecular complexity index is 1440. The van der Waals surface area contributed by atoms with Crippen molar-refractivity contribution in [1.29, 1.82) is 0 Å². The highest BCUT2D eigenvalue weighted by molar-refractivity contribution is 5.75. The molecule has 0 saturated carbocycles. The van der Waals surface area contributed by atoms with Gasteiger partial charge in [0.1, 0.15) is 18.3 Å². The van der Waals surface area contributed by atoms with Gasteiger partial charge in [0, 0.05) is 5.56 Å². The lowest BCUT2D eigenvalue weighted by molar-refractivity contribution is 0.369. The molecule has 0 amide bonds. The molecule has 0 bridgehead atoms. The Hall–Kier alpha value is -4.07. The second-order valence-electron chi connectivity index (χ2n) is 8.10. The molecule has 0 aliphatic carbocycles. The smallest absolute Gasteiger partial charge is 0.264 e. The fourth-order valence-electron chi connectivity index (χ4n) is 3.54. The van der Waals surface area contributed by atoms with Gasteiger partial charge in [-0.25, -0.2) is 9.67 Å². The van der Waals surface area contributed by atoms with Crippen molar-refractivity contribution in [3.05, 3.63) is 88.4 Å². The van der Waals surface area contributed by atoms with Gasteiger partial charge in [-0.05, 0) is 30.5 Å². The van der Waals surface area contributed by atoms with Crippen LogP contribution in [0.2, 0.25) is 0 Å². The molecule has 0 fully saturated rings. The highest BCUT2D eigenvalue weighted by atomic mass is 16.5. The third-order valence-electron chi connectivity index (χ3n) is 5.44. The van der Waals surface area contributed by atoms with Gasteiger partial charge in [0.15, 0.2) is 5.65 Å². The van der Waals surface area contributed by atoms with E-state index in [1.807, 2.05) is 43.3 Å². The average Bonchev–Trinajstić information content (AvgIpc) is 3.44. The molecular weight excluding hydrogens is 404 g/mol. The van der Waals surface area contributed by atoms with E-state index in [2.05, 4.69) is 46.2 Å². The van der Waals surface area contributed by atoms with Crippen molar-refractivity contribution in [2.75, 3.05) is 0 Å². The van der Waals surface area contributed by atoms with Crippen molar-refractivity contribution in [2.24, 2.45) is 0 Å². The van der Waals surface area contributed by atoms with Crippen LogP contribution in [0.5, 0.6) is 0 Å². The minimum atomic E-state index is -0.213. The molecule has 3 heterocycles. The van der Waals surface area contributed by atoms with Crippen molar-refractivity contribution in [1.82, 2.24) is 29.5 Å². The van der Waals surface area contributed by atoms with Gasteiger partial charge in [-0.15, -0.1) is 0 Å². The van der Waals surface area contributed by atoms with Gasteiger partial charge in [0.2, 0.25) is 11.7 Å². The fraction of sp³-hybridized carbons (Fsp3) is 0.208. The van der Waals surface area contributed by atoms with Crippen LogP contribution in [-0.4, -0.2) is 29.5 Å². The molecule has 0 atom stereocenters. The third kappa shape index (κ3) is 3.60. The zero-order valence-electron chi connectivity index (χ0n) is 18.1. The molecule has 8 nitrogen and oxygen atoms in total. The second-order valence-corrected chi connectivity index (χ2v) is 8.10. The molecule has 0 spiro atoms. The number of nitrogens with zero attached hydrogens (tertiary/aromatic N) is 6. The zero-order valence-corrected chi connectivity index (χ0v) is 18.1. The first-order valence-corrected chi connectivity index (χ1v) is 10.4. The van der Waals surface area contributed by atoms with Crippen molar-refractivity contribution in [3.8, 4) is 17.1 Å². The summed E-state index contributed by atoms with van der Waals surface area (Å²) in [5.74, 6) is 1.26. The fourth-order valence-corrected chi connectivity index (χ4v) is 3.54. The summed E-state index contributed by atoms with van der Waals surface area (Å²) in [7, 11) is 0. The van der Waals surface area contributed by atoms with E-state index in [1.165, 1.54) is 16.5 Å². The summed E-state index contributed by atoms with van der Waals surface area (Å²) >= 11 is 0. The van der Waals surface area contributed by atoms with Crippen molar-refractivity contribution >= 4 is 11.0 Å². The summed E-state index contributed by atoms with van der Waals surface area (Å²) in [5, 5.41) is 8.85. The van der Waals surface area contributed by atoms with E-state index in [9.17, 15) is 4.79 Å². The van der Waals surface area contributed by atoms with Gasteiger partial charge >= 0.3 is 0 Å². The van der Waals surface area contributed by atoms with Gasteiger partial charge in [-0.2, -0.15) is 10.1 Å². The number of benzene rings is 2. The van der Waals surface area contributed by atoms with Gasteiger partial charge in [-0.3, -0.25) is 9.36 Å². The predicted octanol–water partition coefficient (Wildman–Crippen LogP) is 4.11. The Morgan fingerprint density at radius 3 is 2.50 bits per heavy atom. The molecule has 160 valence electrons. The minimum absolute atomic E-state index is 0.134. The molecular formula is C24H22N6O2. The van der Waals surface area contributed by atoms with Crippen LogP contribution < -0.4 is 5.56 Å². The summed E-state index contributed by atoms with van der Waals surface area (Å²) in [6.07, 6.45) is 3.03. The maximum absolute atomic E-state index is 13.0. The lowest BCUT2D eigenvalue weighted by atomic mass is 10.0. The van der Waals surface area contributed by atoms with Crippen molar-refractivity contribution < 1.29 is 4.52 Å². The van der Waals surface area contributed by atoms with Gasteiger partial charge in [-0.1, -0.05) is 61.0 Å². The summed E-state index contributed by atoms with van der Waals surface area (Å²) in [5.41, 5.74) is 4.40. The van der Waals surface area contributed by atoms with Crippen molar-refractivity contribution in [3.63, 3.8) is 0 Å². The predicted molar refractivity (Wildman–Crippen MR) is 121 cm³/mol. The van der Waals surface area contributed by atoms with E-state index in [4.69, 9.17) is 4.52 Å². The number of fused-ring (bicyclic) bond motifs is 1. The van der Waals surface area contributed by atoms with E-state index >= 15 is 0 Å². The summed E-state index contributed by atoms with van der Waals surface area (Å²) in [6, 6.07) is 16.0. The molecule has 0 saturated heterocycles. The van der Waals surface area contributed by atoms with Crippen molar-refractivity contribution in [2.45, 2.75) is 33.2 Å². The Balaban J connectivity index is 1.43. The number of aromatic nitrogens is 6. The Kier molecular flexibility index (Phi) is 4.89. The molecule has 8 heteroatoms. The Morgan fingerprint density at radius 2 is 1.78 bits per heavy atom. The van der Waals surface area contributed by atoms with Crippen LogP contribution in [0, 0.1) is 6.92 Å². The van der Waals surface area contributed by atoms with Gasteiger partial charge in [0.25, 0.3) is 5.56 Å². The summed E-state index contributed by atoms with van der Waals surface area (Å²) in [6.45, 7) is 6.45. The topological polar surface area (TPSA) is 91.6 Å². The molecule has 3 aromatic heterocycles. The van der Waals surface area contributed by atoms with E-state index in [-0.39, 0.29) is 12.1 Å². The molecule has 5 aromatic rings. The molecule has 0 aliphatic rings. The maximum Gasteiger partial charge on any atom is 0.264 e. The monoisotopic (exact) mass is 426 g/mol. The van der Waals surface area contributed by atoms with Crippen LogP contribution in [0.3, 0.4) is 0 Å². The van der Waals surface area contributed by atoms with Crippen LogP contribution in [0.15, 0.2) is 70.4 Å². The number of hydrogen-bond donors (Lipinski definition) is 0. The average molecular weight is 426 g/mol. The largest absolute Gasteiger partial charge is 0.337 e. The number of rotatable bonds is 5. The van der Waals surface area contributed by atoms with E-state index in [0.29, 0.717) is 28.7 Å². The summed E-state index contributed by atoms with van der Waals surface area (Å²) in [4.78, 5) is 21.9. The van der Waals surface area contributed by atoms with E-state index < -0.39 is 0 Å². The van der Waals surface area contributed by atoms with Crippen LogP contribution in [0.25, 0.3) is 28.1 Å². The van der Waals surface area contributed by atoms with E-state index in [1.54, 1.807) is 10.9 Å². The molecule has 32 heavy (non-hydrogen) atoms. The van der Waals surface area contributed by atoms with E-state index in [0.717, 1.165) is 16.8 Å². The summed E-state index contributed by atoms with van der Waals surface area (Å²) < 4.78 is 8.48. The molecule has 2 aromatic carbocycles. The third-order valence-corrected chi connectivity index (χ3v) is 5.44. The lowest BCUT2D eigenvalue weighted by Crippen LogP contribution is -2.21. The van der Waals surface area contributed by atoms with Gasteiger partial charge in [0.05, 0.1) is 11.9 Å². The number of hydrogen-bond acceptors (Lipinski definition) is 6. The van der Waals surface area contributed by atoms with Gasteiger partial charge < -0.3 is 4.52 Å². The first-order valence-electron chi connectivity index (χ1n) is 10.4. The molecule has 0 radical (unpaired) electrons. The number of aryl methyl sites for hydroxylation is 1. The quantitative estimate of drug-likeness (QED) is 0.420. The first-order chi connectivity index (χ1) is 15.5. The second kappa shape index (κ2) is 7.88. The first kappa shape index (κ1) is 19.9. The van der Waals surface area contributed by atoms with Crippen LogP contribution in [0.1, 0.15) is 36.8 Å². The van der Waals surface area contributed by atoms with Crippen LogP contribution >= 0.6 is 0 Å². The normalized spacial score (nSPS) is 11.5. The highest BCUT2D eigenvalue weighted by Crippen LogP contribution is 2.19. The molecule has 5 rings (SSSR count). The molecule has 0 N–H and O–H groups in total. The maximum atomic E-state index is 13.0. The molecule has 0 unspecified atom stereocenters. The lowest BCUT2D eigenvalue weighted by Gasteiger charge is -2.08. The van der Waals surface area contributed by atoms with Crippen LogP contribution in [0.4, 0.5) is 0 Å². The highest BCUT2D eigenvalue weighted by Gasteiger charge is 2.15. The Morgan fingerprint density at radius 1 is 1.03 bits per heavy atom. The SMILES string of the molecule is Cc1ccc(-c2noc(Cn3cnc4c(cnn4-c4ccc(C(C)C)cc4)c3=O)n2)cc1. The minimum Gasteiger partial charge on any atom is -0.337 e. The van der Waals surface area contributed by atoms with Crippen LogP contribution in [-0.2, 0) is 6.54 Å². The standard InChI is InChI=1S/C24H22N6O2/c1-15(2)17-8-10-19(11-9-17)30-23-20(12-26-30)24(31)29(14-25-23)13-21-27-22(28-32-21)18-6-4-16(3)5-7-18/h4-12,14-15H,13H2,1-3H3. The molecule has 0 aliphatic heterocycles. The zero-order chi connectivity index (χ0) is 22.2. The Labute approximate surface area is 184 Å².